The van der Waals surface area contributed by atoms with Gasteiger partial charge in [0.2, 0.25) is 0 Å². The van der Waals surface area contributed by atoms with Crippen molar-refractivity contribution < 1.29 is 40.6 Å². The highest BCUT2D eigenvalue weighted by molar-refractivity contribution is 5.25. The number of morpholine rings is 1. The minimum Gasteiger partial charge on any atom is -0.372 e. The van der Waals surface area contributed by atoms with E-state index in [2.05, 4.69) is 5.32 Å². The molecule has 36 heavy (non-hydrogen) atoms. The molecule has 4 atom stereocenters. The summed E-state index contributed by atoms with van der Waals surface area (Å²) in [5.74, 6) is 0. The highest BCUT2D eigenvalue weighted by Gasteiger charge is 2.51. The van der Waals surface area contributed by atoms with Crippen LogP contribution in [0.5, 0.6) is 0 Å². The van der Waals surface area contributed by atoms with Gasteiger partial charge in [0.25, 0.3) is 0 Å². The Morgan fingerprint density at radius 2 is 1.19 bits per heavy atom. The van der Waals surface area contributed by atoms with Crippen LogP contribution in [0.25, 0.3) is 0 Å². The van der Waals surface area contributed by atoms with Gasteiger partial charge in [-0.15, -0.1) is 0 Å². The topological polar surface area (TPSA) is 39.7 Å². The fourth-order valence-electron chi connectivity index (χ4n) is 4.03. The molecule has 192 valence electrons. The van der Waals surface area contributed by atoms with Crippen molar-refractivity contribution in [2.45, 2.75) is 36.5 Å². The van der Waals surface area contributed by atoms with Crippen molar-refractivity contribution in [1.82, 2.24) is 5.32 Å². The van der Waals surface area contributed by atoms with Gasteiger partial charge in [-0.05, 0) is 11.1 Å². The molecule has 1 heterocycles. The zero-order chi connectivity index (χ0) is 25.8. The lowest BCUT2D eigenvalue weighted by molar-refractivity contribution is -0.309. The van der Waals surface area contributed by atoms with Gasteiger partial charge in [-0.25, -0.2) is 0 Å². The third-order valence-corrected chi connectivity index (χ3v) is 5.63. The average Bonchev–Trinajstić information content (AvgIpc) is 2.86. The van der Waals surface area contributed by atoms with Crippen LogP contribution in [0.15, 0.2) is 91.0 Å². The van der Waals surface area contributed by atoms with Crippen molar-refractivity contribution in [2.24, 2.45) is 0 Å². The minimum atomic E-state index is -4.82. The first kappa shape index (κ1) is 26.2. The third kappa shape index (κ3) is 6.07. The molecule has 0 amide bonds. The number of benzene rings is 3. The smallest absolute Gasteiger partial charge is 0.372 e. The van der Waals surface area contributed by atoms with E-state index < -0.39 is 43.1 Å². The van der Waals surface area contributed by atoms with Crippen molar-refractivity contribution in [3.8, 4) is 0 Å². The Labute approximate surface area is 203 Å². The summed E-state index contributed by atoms with van der Waals surface area (Å²) in [5, 5.41) is 2.76. The molecule has 1 aliphatic rings. The summed E-state index contributed by atoms with van der Waals surface area (Å²) in [4.78, 5) is 0. The maximum Gasteiger partial charge on any atom is 0.418 e. The van der Waals surface area contributed by atoms with Crippen LogP contribution in [-0.4, -0.2) is 31.8 Å². The highest BCUT2D eigenvalue weighted by Crippen LogP contribution is 2.43. The summed E-state index contributed by atoms with van der Waals surface area (Å²) in [6.45, 7) is -0.725. The Morgan fingerprint density at radius 3 is 1.69 bits per heavy atom. The summed E-state index contributed by atoms with van der Waals surface area (Å²) in [6, 6.07) is 21.8. The van der Waals surface area contributed by atoms with Gasteiger partial charge < -0.3 is 14.2 Å². The lowest BCUT2D eigenvalue weighted by atomic mass is 10.0. The van der Waals surface area contributed by atoms with Crippen LogP contribution >= 0.6 is 0 Å². The largest absolute Gasteiger partial charge is 0.418 e. The number of halogens is 6. The van der Waals surface area contributed by atoms with E-state index in [1.165, 1.54) is 60.7 Å². The van der Waals surface area contributed by atoms with Crippen LogP contribution in [0.4, 0.5) is 26.3 Å². The first-order valence-electron chi connectivity index (χ1n) is 11.1. The van der Waals surface area contributed by atoms with Gasteiger partial charge >= 0.3 is 12.4 Å². The van der Waals surface area contributed by atoms with Gasteiger partial charge in [0.1, 0.15) is 6.23 Å². The molecule has 3 unspecified atom stereocenters. The summed E-state index contributed by atoms with van der Waals surface area (Å²) < 4.78 is 101. The summed E-state index contributed by atoms with van der Waals surface area (Å²) in [6.07, 6.45) is -15.8. The van der Waals surface area contributed by atoms with E-state index >= 15 is 0 Å². The highest BCUT2D eigenvalue weighted by atomic mass is 19.4. The van der Waals surface area contributed by atoms with Gasteiger partial charge in [0.15, 0.2) is 17.9 Å². The minimum absolute atomic E-state index is 0.152. The lowest BCUT2D eigenvalue weighted by Gasteiger charge is -2.44. The first-order chi connectivity index (χ1) is 17.1. The third-order valence-electron chi connectivity index (χ3n) is 5.63. The molecule has 3 aromatic carbocycles. The van der Waals surface area contributed by atoms with Crippen LogP contribution in [-0.2, 0) is 19.9 Å². The van der Waals surface area contributed by atoms with E-state index in [0.29, 0.717) is 0 Å². The molecule has 1 saturated heterocycles. The van der Waals surface area contributed by atoms with E-state index in [4.69, 9.17) is 14.2 Å². The SMILES string of the molecule is FC(F)(F)C(OC1COC[C@@](OC(c2ccccc2)C(F)(F)F)(c2ccccc2)N1)c1ccccc1. The molecular weight excluding hydrogens is 488 g/mol. The molecule has 1 fully saturated rings. The summed E-state index contributed by atoms with van der Waals surface area (Å²) in [5.41, 5.74) is -2.03. The molecular formula is C26H23F6NO3. The second-order valence-electron chi connectivity index (χ2n) is 8.26. The van der Waals surface area contributed by atoms with E-state index in [0.717, 1.165) is 0 Å². The number of nitrogens with one attached hydrogen (secondary N) is 1. The average molecular weight is 511 g/mol. The van der Waals surface area contributed by atoms with Crippen LogP contribution < -0.4 is 5.32 Å². The molecule has 4 nitrogen and oxygen atoms in total. The quantitative estimate of drug-likeness (QED) is 0.372. The Bertz CT molecular complexity index is 1100. The standard InChI is InChI=1S/C26H23F6NO3/c27-25(28,29)22(18-10-4-1-5-11-18)35-21-16-34-17-24(33-21,20-14-8-3-9-15-20)36-23(26(30,31)32)19-12-6-2-7-13-19/h1-15,21-23,33H,16-17H2/t21?,22?,23?,24-/m1/s1. The Balaban J connectivity index is 1.69. The fraction of sp³-hybridized carbons (Fsp3) is 0.308. The van der Waals surface area contributed by atoms with E-state index in [9.17, 15) is 26.3 Å². The normalized spacial score (nSPS) is 22.7. The van der Waals surface area contributed by atoms with Crippen LogP contribution in [0.3, 0.4) is 0 Å². The van der Waals surface area contributed by atoms with Crippen molar-refractivity contribution in [3.63, 3.8) is 0 Å². The predicted octanol–water partition coefficient (Wildman–Crippen LogP) is 6.43. The van der Waals surface area contributed by atoms with E-state index in [1.54, 1.807) is 30.3 Å². The molecule has 0 aromatic heterocycles. The monoisotopic (exact) mass is 511 g/mol. The maximum atomic E-state index is 14.2. The number of hydrogen-bond donors (Lipinski definition) is 1. The molecule has 1 aliphatic heterocycles. The Kier molecular flexibility index (Phi) is 7.70. The number of ether oxygens (including phenoxy) is 3. The van der Waals surface area contributed by atoms with Gasteiger partial charge in [-0.3, -0.25) is 5.32 Å². The molecule has 4 rings (SSSR count). The van der Waals surface area contributed by atoms with Gasteiger partial charge in [0, 0.05) is 5.56 Å². The van der Waals surface area contributed by atoms with Crippen LogP contribution in [0, 0.1) is 0 Å². The molecule has 0 saturated carbocycles. The van der Waals surface area contributed by atoms with Crippen molar-refractivity contribution >= 4 is 0 Å². The molecule has 10 heteroatoms. The zero-order valence-corrected chi connectivity index (χ0v) is 18.8. The Morgan fingerprint density at radius 1 is 0.722 bits per heavy atom. The molecule has 0 bridgehead atoms. The zero-order valence-electron chi connectivity index (χ0n) is 18.8. The summed E-state index contributed by atoms with van der Waals surface area (Å²) in [7, 11) is 0. The van der Waals surface area contributed by atoms with Crippen LogP contribution in [0.2, 0.25) is 0 Å². The molecule has 0 spiro atoms. The maximum absolute atomic E-state index is 14.2. The van der Waals surface area contributed by atoms with Crippen LogP contribution in [0.1, 0.15) is 28.9 Å². The molecule has 0 aliphatic carbocycles. The van der Waals surface area contributed by atoms with Crippen molar-refractivity contribution in [3.05, 3.63) is 108 Å². The van der Waals surface area contributed by atoms with Crippen molar-refractivity contribution in [1.29, 1.82) is 0 Å². The molecule has 3 aromatic rings. The van der Waals surface area contributed by atoms with E-state index in [-0.39, 0.29) is 23.3 Å². The number of hydrogen-bond acceptors (Lipinski definition) is 4. The van der Waals surface area contributed by atoms with Crippen molar-refractivity contribution in [2.75, 3.05) is 13.2 Å². The fourth-order valence-corrected chi connectivity index (χ4v) is 4.03. The molecule has 0 radical (unpaired) electrons. The number of alkyl halides is 6. The van der Waals surface area contributed by atoms with Gasteiger partial charge in [0.05, 0.1) is 13.2 Å². The number of rotatable bonds is 7. The van der Waals surface area contributed by atoms with Gasteiger partial charge in [-0.2, -0.15) is 26.3 Å². The second-order valence-corrected chi connectivity index (χ2v) is 8.26. The molecule has 1 N–H and O–H groups in total. The second kappa shape index (κ2) is 10.6. The van der Waals surface area contributed by atoms with E-state index in [1.807, 2.05) is 0 Å². The summed E-state index contributed by atoms with van der Waals surface area (Å²) >= 11 is 0. The lowest BCUT2D eigenvalue weighted by Crippen LogP contribution is -2.60. The first-order valence-corrected chi connectivity index (χ1v) is 11.1. The van der Waals surface area contributed by atoms with Gasteiger partial charge in [-0.1, -0.05) is 91.0 Å². The Hall–Kier alpha value is -2.92. The predicted molar refractivity (Wildman–Crippen MR) is 119 cm³/mol.